The van der Waals surface area contributed by atoms with Crippen molar-refractivity contribution < 1.29 is 4.74 Å². The molecular formula is C14H12BrClN2OS. The average molecular weight is 372 g/mol. The van der Waals surface area contributed by atoms with Crippen molar-refractivity contribution in [2.75, 3.05) is 12.4 Å². The van der Waals surface area contributed by atoms with Crippen molar-refractivity contribution in [2.24, 2.45) is 5.73 Å². The van der Waals surface area contributed by atoms with E-state index in [1.54, 1.807) is 13.2 Å². The molecule has 3 N–H and O–H groups in total. The Labute approximate surface area is 136 Å². The van der Waals surface area contributed by atoms with Crippen molar-refractivity contribution in [2.45, 2.75) is 0 Å². The minimum Gasteiger partial charge on any atom is -0.495 e. The number of rotatable bonds is 4. The molecule has 0 bridgehead atoms. The Kier molecular flexibility index (Phi) is 4.86. The molecule has 104 valence electrons. The molecule has 0 aromatic heterocycles. The van der Waals surface area contributed by atoms with Gasteiger partial charge in [-0.15, -0.1) is 0 Å². The zero-order chi connectivity index (χ0) is 14.7. The molecule has 20 heavy (non-hydrogen) atoms. The normalized spacial score (nSPS) is 10.2. The third kappa shape index (κ3) is 3.42. The molecule has 0 radical (unpaired) electrons. The second kappa shape index (κ2) is 6.43. The summed E-state index contributed by atoms with van der Waals surface area (Å²) in [6, 6.07) is 11.1. The standard InChI is InChI=1S/C14H12BrClN2OS/c1-19-13-7-9(3-4-11(13)16)18-12-5-2-8(14(17)20)6-10(12)15/h2-7,18H,1H3,(H2,17,20). The largest absolute Gasteiger partial charge is 0.495 e. The summed E-state index contributed by atoms with van der Waals surface area (Å²) in [6.07, 6.45) is 0. The van der Waals surface area contributed by atoms with Crippen molar-refractivity contribution in [1.82, 2.24) is 0 Å². The molecule has 6 heteroatoms. The van der Waals surface area contributed by atoms with E-state index in [9.17, 15) is 0 Å². The number of methoxy groups -OCH3 is 1. The molecule has 2 aromatic rings. The molecule has 0 atom stereocenters. The van der Waals surface area contributed by atoms with Crippen molar-refractivity contribution in [3.05, 3.63) is 51.5 Å². The summed E-state index contributed by atoms with van der Waals surface area (Å²) in [5, 5.41) is 3.84. The molecule has 0 heterocycles. The van der Waals surface area contributed by atoms with Gasteiger partial charge in [-0.1, -0.05) is 23.8 Å². The van der Waals surface area contributed by atoms with Gasteiger partial charge in [-0.2, -0.15) is 0 Å². The summed E-state index contributed by atoms with van der Waals surface area (Å²) >= 11 is 14.4. The Bertz CT molecular complexity index is 664. The van der Waals surface area contributed by atoms with Crippen LogP contribution < -0.4 is 15.8 Å². The molecule has 2 aromatic carbocycles. The van der Waals surface area contributed by atoms with E-state index < -0.39 is 0 Å². The lowest BCUT2D eigenvalue weighted by Gasteiger charge is -2.11. The number of halogens is 2. The zero-order valence-electron chi connectivity index (χ0n) is 10.6. The van der Waals surface area contributed by atoms with Crippen LogP contribution in [0, 0.1) is 0 Å². The number of anilines is 2. The van der Waals surface area contributed by atoms with Gasteiger partial charge in [0.05, 0.1) is 17.8 Å². The molecule has 2 rings (SSSR count). The average Bonchev–Trinajstić information content (AvgIpc) is 2.42. The number of nitrogens with one attached hydrogen (secondary N) is 1. The van der Waals surface area contributed by atoms with Gasteiger partial charge in [0, 0.05) is 21.8 Å². The van der Waals surface area contributed by atoms with E-state index in [4.69, 9.17) is 34.3 Å². The molecule has 0 spiro atoms. The number of benzene rings is 2. The Balaban J connectivity index is 2.28. The van der Waals surface area contributed by atoms with E-state index in [0.29, 0.717) is 15.8 Å². The monoisotopic (exact) mass is 370 g/mol. The first kappa shape index (κ1) is 15.1. The predicted molar refractivity (Wildman–Crippen MR) is 91.3 cm³/mol. The lowest BCUT2D eigenvalue weighted by Crippen LogP contribution is -2.09. The van der Waals surface area contributed by atoms with Crippen molar-refractivity contribution in [3.8, 4) is 5.75 Å². The Morgan fingerprint density at radius 3 is 2.65 bits per heavy atom. The zero-order valence-corrected chi connectivity index (χ0v) is 13.8. The SMILES string of the molecule is COc1cc(Nc2ccc(C(N)=S)cc2Br)ccc1Cl. The Hall–Kier alpha value is -1.30. The first-order valence-electron chi connectivity index (χ1n) is 5.71. The van der Waals surface area contributed by atoms with E-state index >= 15 is 0 Å². The van der Waals surface area contributed by atoms with Crippen LogP contribution in [-0.2, 0) is 0 Å². The van der Waals surface area contributed by atoms with Gasteiger partial charge < -0.3 is 15.8 Å². The molecule has 0 aliphatic heterocycles. The first-order chi connectivity index (χ1) is 9.51. The summed E-state index contributed by atoms with van der Waals surface area (Å²) in [5.74, 6) is 0.618. The summed E-state index contributed by atoms with van der Waals surface area (Å²) in [5.41, 5.74) is 8.18. The molecule has 0 saturated heterocycles. The first-order valence-corrected chi connectivity index (χ1v) is 7.29. The number of hydrogen-bond acceptors (Lipinski definition) is 3. The molecule has 0 fully saturated rings. The second-order valence-corrected chi connectivity index (χ2v) is 5.73. The van der Waals surface area contributed by atoms with Crippen LogP contribution >= 0.6 is 39.7 Å². The van der Waals surface area contributed by atoms with Crippen LogP contribution in [0.2, 0.25) is 5.02 Å². The van der Waals surface area contributed by atoms with Crippen LogP contribution in [0.3, 0.4) is 0 Å². The minimum atomic E-state index is 0.366. The van der Waals surface area contributed by atoms with Crippen molar-refractivity contribution in [3.63, 3.8) is 0 Å². The van der Waals surface area contributed by atoms with Gasteiger partial charge >= 0.3 is 0 Å². The molecule has 0 amide bonds. The van der Waals surface area contributed by atoms with E-state index in [0.717, 1.165) is 21.4 Å². The van der Waals surface area contributed by atoms with Gasteiger partial charge in [-0.05, 0) is 46.3 Å². The van der Waals surface area contributed by atoms with Crippen LogP contribution in [-0.4, -0.2) is 12.1 Å². The smallest absolute Gasteiger partial charge is 0.139 e. The molecule has 0 aliphatic carbocycles. The molecule has 0 unspecified atom stereocenters. The number of hydrogen-bond donors (Lipinski definition) is 2. The van der Waals surface area contributed by atoms with Crippen molar-refractivity contribution >= 4 is 56.1 Å². The molecular weight excluding hydrogens is 360 g/mol. The highest BCUT2D eigenvalue weighted by atomic mass is 79.9. The van der Waals surface area contributed by atoms with Gasteiger partial charge in [-0.3, -0.25) is 0 Å². The van der Waals surface area contributed by atoms with E-state index in [-0.39, 0.29) is 0 Å². The number of thiocarbonyl (C=S) groups is 1. The maximum Gasteiger partial charge on any atom is 0.139 e. The molecule has 3 nitrogen and oxygen atoms in total. The summed E-state index contributed by atoms with van der Waals surface area (Å²) in [7, 11) is 1.58. The Morgan fingerprint density at radius 2 is 2.05 bits per heavy atom. The lowest BCUT2D eigenvalue weighted by molar-refractivity contribution is 0.415. The van der Waals surface area contributed by atoms with Crippen LogP contribution in [0.4, 0.5) is 11.4 Å². The fourth-order valence-electron chi connectivity index (χ4n) is 1.66. The van der Waals surface area contributed by atoms with E-state index in [2.05, 4.69) is 21.2 Å². The quantitative estimate of drug-likeness (QED) is 0.777. The van der Waals surface area contributed by atoms with E-state index in [1.807, 2.05) is 30.3 Å². The van der Waals surface area contributed by atoms with Gasteiger partial charge in [0.15, 0.2) is 0 Å². The second-order valence-electron chi connectivity index (χ2n) is 4.03. The Morgan fingerprint density at radius 1 is 1.30 bits per heavy atom. The maximum atomic E-state index is 6.00. The van der Waals surface area contributed by atoms with Crippen LogP contribution in [0.5, 0.6) is 5.75 Å². The molecule has 0 saturated carbocycles. The topological polar surface area (TPSA) is 47.3 Å². The fraction of sp³-hybridized carbons (Fsp3) is 0.0714. The van der Waals surface area contributed by atoms with Gasteiger partial charge in [-0.25, -0.2) is 0 Å². The van der Waals surface area contributed by atoms with E-state index in [1.165, 1.54) is 0 Å². The third-order valence-corrected chi connectivity index (χ3v) is 3.89. The number of ether oxygens (including phenoxy) is 1. The summed E-state index contributed by atoms with van der Waals surface area (Å²) < 4.78 is 6.06. The van der Waals surface area contributed by atoms with Gasteiger partial charge in [0.1, 0.15) is 10.7 Å². The number of nitrogens with two attached hydrogens (primary N) is 1. The van der Waals surface area contributed by atoms with Crippen LogP contribution in [0.25, 0.3) is 0 Å². The molecule has 0 aliphatic rings. The highest BCUT2D eigenvalue weighted by molar-refractivity contribution is 9.10. The highest BCUT2D eigenvalue weighted by Gasteiger charge is 2.06. The van der Waals surface area contributed by atoms with Crippen molar-refractivity contribution in [1.29, 1.82) is 0 Å². The van der Waals surface area contributed by atoms with Crippen LogP contribution in [0.15, 0.2) is 40.9 Å². The summed E-state index contributed by atoms with van der Waals surface area (Å²) in [6.45, 7) is 0. The maximum absolute atomic E-state index is 6.00. The summed E-state index contributed by atoms with van der Waals surface area (Å²) in [4.78, 5) is 0.366. The predicted octanol–water partition coefficient (Wildman–Crippen LogP) is 4.49. The highest BCUT2D eigenvalue weighted by Crippen LogP contribution is 2.31. The third-order valence-electron chi connectivity index (χ3n) is 2.68. The lowest BCUT2D eigenvalue weighted by atomic mass is 10.2. The van der Waals surface area contributed by atoms with Crippen LogP contribution in [0.1, 0.15) is 5.56 Å². The fourth-order valence-corrected chi connectivity index (χ4v) is 2.46. The minimum absolute atomic E-state index is 0.366. The van der Waals surface area contributed by atoms with Gasteiger partial charge in [0.25, 0.3) is 0 Å². The van der Waals surface area contributed by atoms with Gasteiger partial charge in [0.2, 0.25) is 0 Å².